The molecule has 0 unspecified atom stereocenters. The first kappa shape index (κ1) is 15.3. The Morgan fingerprint density at radius 2 is 2.05 bits per heavy atom. The lowest BCUT2D eigenvalue weighted by molar-refractivity contribution is 0.0921. The van der Waals surface area contributed by atoms with Gasteiger partial charge in [-0.2, -0.15) is 0 Å². The van der Waals surface area contributed by atoms with Gasteiger partial charge >= 0.3 is 0 Å². The van der Waals surface area contributed by atoms with Crippen molar-refractivity contribution in [3.63, 3.8) is 0 Å². The monoisotopic (exact) mass is 287 g/mol. The molecule has 112 valence electrons. The minimum absolute atomic E-state index is 0.180. The van der Waals surface area contributed by atoms with Crippen molar-refractivity contribution in [2.24, 2.45) is 0 Å². The van der Waals surface area contributed by atoms with Crippen molar-refractivity contribution in [1.29, 1.82) is 0 Å². The molecule has 0 atom stereocenters. The SMILES string of the molecule is COCc1cccc(CNC(=O)c2occc2C(C)C)c1. The van der Waals surface area contributed by atoms with E-state index in [1.54, 1.807) is 13.4 Å². The number of carbonyl (C=O) groups is 1. The zero-order valence-corrected chi connectivity index (χ0v) is 12.7. The Balaban J connectivity index is 2.01. The Morgan fingerprint density at radius 1 is 1.29 bits per heavy atom. The highest BCUT2D eigenvalue weighted by atomic mass is 16.5. The molecule has 0 spiro atoms. The van der Waals surface area contributed by atoms with Crippen molar-refractivity contribution < 1.29 is 13.9 Å². The summed E-state index contributed by atoms with van der Waals surface area (Å²) in [6.07, 6.45) is 1.56. The van der Waals surface area contributed by atoms with E-state index >= 15 is 0 Å². The number of carbonyl (C=O) groups excluding carboxylic acids is 1. The molecular formula is C17H21NO3. The molecule has 2 rings (SSSR count). The number of benzene rings is 1. The first-order chi connectivity index (χ1) is 10.1. The predicted octanol–water partition coefficient (Wildman–Crippen LogP) is 3.48. The van der Waals surface area contributed by atoms with E-state index in [0.29, 0.717) is 18.9 Å². The van der Waals surface area contributed by atoms with E-state index in [1.807, 2.05) is 44.2 Å². The average Bonchev–Trinajstić information content (AvgIpc) is 2.95. The Bertz CT molecular complexity index is 602. The fraction of sp³-hybridized carbons (Fsp3) is 0.353. The zero-order valence-electron chi connectivity index (χ0n) is 12.7. The van der Waals surface area contributed by atoms with Crippen molar-refractivity contribution in [2.75, 3.05) is 7.11 Å². The van der Waals surface area contributed by atoms with Gasteiger partial charge in [0.2, 0.25) is 0 Å². The summed E-state index contributed by atoms with van der Waals surface area (Å²) in [5.41, 5.74) is 3.06. The molecule has 0 bridgehead atoms. The van der Waals surface area contributed by atoms with Crippen molar-refractivity contribution in [3.05, 3.63) is 59.0 Å². The van der Waals surface area contributed by atoms with Crippen LogP contribution in [-0.2, 0) is 17.9 Å². The van der Waals surface area contributed by atoms with Crippen LogP contribution in [0, 0.1) is 0 Å². The second-order valence-corrected chi connectivity index (χ2v) is 5.30. The van der Waals surface area contributed by atoms with Crippen LogP contribution >= 0.6 is 0 Å². The summed E-state index contributed by atoms with van der Waals surface area (Å²) >= 11 is 0. The molecule has 0 radical (unpaired) electrons. The van der Waals surface area contributed by atoms with Gasteiger partial charge in [-0.1, -0.05) is 38.1 Å². The van der Waals surface area contributed by atoms with Crippen LogP contribution in [0.15, 0.2) is 41.0 Å². The normalized spacial score (nSPS) is 10.9. The topological polar surface area (TPSA) is 51.5 Å². The van der Waals surface area contributed by atoms with Crippen LogP contribution in [0.1, 0.15) is 47.0 Å². The lowest BCUT2D eigenvalue weighted by atomic mass is 10.0. The Hall–Kier alpha value is -2.07. The van der Waals surface area contributed by atoms with E-state index in [4.69, 9.17) is 9.15 Å². The second kappa shape index (κ2) is 7.09. The molecule has 4 heteroatoms. The number of amides is 1. The van der Waals surface area contributed by atoms with Crippen LogP contribution in [0.25, 0.3) is 0 Å². The van der Waals surface area contributed by atoms with Gasteiger partial charge in [0.25, 0.3) is 5.91 Å². The maximum Gasteiger partial charge on any atom is 0.287 e. The molecule has 1 heterocycles. The molecule has 1 aromatic carbocycles. The van der Waals surface area contributed by atoms with E-state index in [2.05, 4.69) is 5.32 Å². The smallest absolute Gasteiger partial charge is 0.287 e. The summed E-state index contributed by atoms with van der Waals surface area (Å²) in [6.45, 7) is 5.11. The van der Waals surface area contributed by atoms with Gasteiger partial charge in [-0.25, -0.2) is 0 Å². The Kier molecular flexibility index (Phi) is 5.17. The standard InChI is InChI=1S/C17H21NO3/c1-12(2)15-7-8-21-16(15)17(19)18-10-13-5-4-6-14(9-13)11-20-3/h4-9,12H,10-11H2,1-3H3,(H,18,19). The highest BCUT2D eigenvalue weighted by molar-refractivity contribution is 5.93. The molecule has 0 fully saturated rings. The minimum Gasteiger partial charge on any atom is -0.459 e. The van der Waals surface area contributed by atoms with Gasteiger partial charge in [0, 0.05) is 19.2 Å². The van der Waals surface area contributed by atoms with Gasteiger partial charge in [-0.15, -0.1) is 0 Å². The Morgan fingerprint density at radius 3 is 2.76 bits per heavy atom. The summed E-state index contributed by atoms with van der Waals surface area (Å²) in [7, 11) is 1.67. The van der Waals surface area contributed by atoms with Crippen LogP contribution in [0.3, 0.4) is 0 Å². The number of nitrogens with one attached hydrogen (secondary N) is 1. The number of methoxy groups -OCH3 is 1. The van der Waals surface area contributed by atoms with E-state index in [-0.39, 0.29) is 11.8 Å². The third kappa shape index (κ3) is 3.95. The van der Waals surface area contributed by atoms with E-state index in [9.17, 15) is 4.79 Å². The van der Waals surface area contributed by atoms with Gasteiger partial charge in [0.05, 0.1) is 12.9 Å². The van der Waals surface area contributed by atoms with Crippen molar-refractivity contribution in [1.82, 2.24) is 5.32 Å². The fourth-order valence-electron chi connectivity index (χ4n) is 2.22. The molecule has 0 aliphatic carbocycles. The lowest BCUT2D eigenvalue weighted by Gasteiger charge is -2.08. The quantitative estimate of drug-likeness (QED) is 0.885. The highest BCUT2D eigenvalue weighted by Gasteiger charge is 2.17. The van der Waals surface area contributed by atoms with Gasteiger partial charge in [-0.3, -0.25) is 4.79 Å². The number of hydrogen-bond donors (Lipinski definition) is 1. The van der Waals surface area contributed by atoms with Crippen LogP contribution in [-0.4, -0.2) is 13.0 Å². The van der Waals surface area contributed by atoms with Gasteiger partial charge in [0.1, 0.15) is 0 Å². The van der Waals surface area contributed by atoms with Crippen molar-refractivity contribution in [3.8, 4) is 0 Å². The molecule has 2 aromatic rings. The van der Waals surface area contributed by atoms with Crippen LogP contribution < -0.4 is 5.32 Å². The molecule has 0 saturated heterocycles. The third-order valence-corrected chi connectivity index (χ3v) is 3.28. The van der Waals surface area contributed by atoms with Crippen molar-refractivity contribution in [2.45, 2.75) is 32.9 Å². The van der Waals surface area contributed by atoms with Crippen molar-refractivity contribution >= 4 is 5.91 Å². The number of rotatable bonds is 6. The van der Waals surface area contributed by atoms with E-state index in [1.165, 1.54) is 0 Å². The summed E-state index contributed by atoms with van der Waals surface area (Å²) < 4.78 is 10.4. The molecule has 0 aliphatic heterocycles. The maximum absolute atomic E-state index is 12.2. The molecule has 0 saturated carbocycles. The largest absolute Gasteiger partial charge is 0.459 e. The van der Waals surface area contributed by atoms with Gasteiger partial charge < -0.3 is 14.5 Å². The average molecular weight is 287 g/mol. The number of hydrogen-bond acceptors (Lipinski definition) is 3. The van der Waals surface area contributed by atoms with Crippen LogP contribution in [0.2, 0.25) is 0 Å². The minimum atomic E-state index is -0.180. The highest BCUT2D eigenvalue weighted by Crippen LogP contribution is 2.20. The van der Waals surface area contributed by atoms with E-state index < -0.39 is 0 Å². The Labute approximate surface area is 125 Å². The fourth-order valence-corrected chi connectivity index (χ4v) is 2.22. The molecule has 21 heavy (non-hydrogen) atoms. The first-order valence-corrected chi connectivity index (χ1v) is 7.04. The molecule has 1 aromatic heterocycles. The summed E-state index contributed by atoms with van der Waals surface area (Å²) in [5.74, 6) is 0.480. The first-order valence-electron chi connectivity index (χ1n) is 7.04. The third-order valence-electron chi connectivity index (χ3n) is 3.28. The summed E-state index contributed by atoms with van der Waals surface area (Å²) in [5, 5.41) is 2.89. The molecule has 1 N–H and O–H groups in total. The molecule has 1 amide bonds. The maximum atomic E-state index is 12.2. The van der Waals surface area contributed by atoms with Gasteiger partial charge in [0.15, 0.2) is 5.76 Å². The van der Waals surface area contributed by atoms with Gasteiger partial charge in [-0.05, 0) is 23.1 Å². The predicted molar refractivity (Wildman–Crippen MR) is 81.1 cm³/mol. The molecular weight excluding hydrogens is 266 g/mol. The molecule has 4 nitrogen and oxygen atoms in total. The molecule has 0 aliphatic rings. The van der Waals surface area contributed by atoms with Crippen LogP contribution in [0.4, 0.5) is 0 Å². The lowest BCUT2D eigenvalue weighted by Crippen LogP contribution is -2.23. The summed E-state index contributed by atoms with van der Waals surface area (Å²) in [4.78, 5) is 12.2. The van der Waals surface area contributed by atoms with E-state index in [0.717, 1.165) is 16.7 Å². The van der Waals surface area contributed by atoms with Crippen LogP contribution in [0.5, 0.6) is 0 Å². The summed E-state index contributed by atoms with van der Waals surface area (Å²) in [6, 6.07) is 9.81. The number of furan rings is 1. The number of ether oxygens (including phenoxy) is 1. The second-order valence-electron chi connectivity index (χ2n) is 5.30. The zero-order chi connectivity index (χ0) is 15.2.